The van der Waals surface area contributed by atoms with Crippen molar-refractivity contribution in [3.05, 3.63) is 47.5 Å². The van der Waals surface area contributed by atoms with Crippen LogP contribution in [-0.2, 0) is 11.2 Å². The Labute approximate surface area is 90.6 Å². The molecule has 0 aliphatic carbocycles. The van der Waals surface area contributed by atoms with Gasteiger partial charge >= 0.3 is 5.97 Å². The first-order valence-corrected chi connectivity index (χ1v) is 5.01. The Morgan fingerprint density at radius 2 is 1.93 bits per heavy atom. The van der Waals surface area contributed by atoms with E-state index in [0.717, 1.165) is 12.8 Å². The molecule has 80 valence electrons. The van der Waals surface area contributed by atoms with Gasteiger partial charge < -0.3 is 4.74 Å². The molecule has 15 heavy (non-hydrogen) atoms. The van der Waals surface area contributed by atoms with E-state index in [1.54, 1.807) is 12.1 Å². The minimum atomic E-state index is -0.295. The van der Waals surface area contributed by atoms with Gasteiger partial charge in [-0.2, -0.15) is 0 Å². The summed E-state index contributed by atoms with van der Waals surface area (Å²) in [6.45, 7) is 6.04. The van der Waals surface area contributed by atoms with Crippen LogP contribution in [-0.4, -0.2) is 13.1 Å². The molecule has 0 fully saturated rings. The Morgan fingerprint density at radius 1 is 1.33 bits per heavy atom. The van der Waals surface area contributed by atoms with Crippen LogP contribution in [0, 0.1) is 0 Å². The summed E-state index contributed by atoms with van der Waals surface area (Å²) in [6, 6.07) is 7.44. The summed E-state index contributed by atoms with van der Waals surface area (Å²) >= 11 is 0. The van der Waals surface area contributed by atoms with Crippen LogP contribution in [0.1, 0.15) is 29.3 Å². The first-order chi connectivity index (χ1) is 7.17. The molecule has 0 atom stereocenters. The van der Waals surface area contributed by atoms with Crippen LogP contribution in [0.5, 0.6) is 0 Å². The highest BCUT2D eigenvalue weighted by atomic mass is 16.5. The van der Waals surface area contributed by atoms with Crippen LogP contribution in [0.25, 0.3) is 0 Å². The first kappa shape index (κ1) is 11.5. The van der Waals surface area contributed by atoms with Gasteiger partial charge in [-0.15, -0.1) is 0 Å². The molecule has 1 aromatic rings. The Balaban J connectivity index is 2.72. The molecule has 1 rings (SSSR count). The van der Waals surface area contributed by atoms with Crippen molar-refractivity contribution in [2.75, 3.05) is 7.11 Å². The molecule has 0 aliphatic rings. The van der Waals surface area contributed by atoms with E-state index in [2.05, 4.69) is 18.2 Å². The Hall–Kier alpha value is -1.57. The monoisotopic (exact) mass is 204 g/mol. The highest BCUT2D eigenvalue weighted by Crippen LogP contribution is 2.11. The van der Waals surface area contributed by atoms with Crippen LogP contribution < -0.4 is 0 Å². The molecule has 0 amide bonds. The fourth-order valence-electron chi connectivity index (χ4n) is 1.29. The number of carbonyl (C=O) groups is 1. The lowest BCUT2D eigenvalue weighted by Crippen LogP contribution is -2.01. The normalized spacial score (nSPS) is 9.73. The van der Waals surface area contributed by atoms with E-state index in [0.29, 0.717) is 5.56 Å². The van der Waals surface area contributed by atoms with Crippen molar-refractivity contribution in [3.63, 3.8) is 0 Å². The van der Waals surface area contributed by atoms with Crippen molar-refractivity contribution in [1.29, 1.82) is 0 Å². The van der Waals surface area contributed by atoms with Crippen LogP contribution >= 0.6 is 0 Å². The van der Waals surface area contributed by atoms with Gasteiger partial charge in [0.1, 0.15) is 0 Å². The first-order valence-electron chi connectivity index (χ1n) is 5.01. The van der Waals surface area contributed by atoms with Gasteiger partial charge in [-0.1, -0.05) is 31.2 Å². The van der Waals surface area contributed by atoms with E-state index >= 15 is 0 Å². The van der Waals surface area contributed by atoms with Gasteiger partial charge in [-0.05, 0) is 30.5 Å². The minimum Gasteiger partial charge on any atom is -0.465 e. The minimum absolute atomic E-state index is 0.295. The molecule has 0 radical (unpaired) electrons. The van der Waals surface area contributed by atoms with Crippen molar-refractivity contribution in [3.8, 4) is 0 Å². The van der Waals surface area contributed by atoms with E-state index in [9.17, 15) is 4.79 Å². The second-order valence-corrected chi connectivity index (χ2v) is 3.47. The number of benzene rings is 1. The smallest absolute Gasteiger partial charge is 0.337 e. The third-order valence-corrected chi connectivity index (χ3v) is 2.33. The SMILES string of the molecule is C=C(CC)Cc1ccc(C(=O)OC)cc1. The molecule has 0 saturated carbocycles. The topological polar surface area (TPSA) is 26.3 Å². The van der Waals surface area contributed by atoms with Gasteiger partial charge in [-0.3, -0.25) is 0 Å². The summed E-state index contributed by atoms with van der Waals surface area (Å²) in [4.78, 5) is 11.2. The molecule has 0 N–H and O–H groups in total. The number of allylic oxidation sites excluding steroid dienone is 1. The fourth-order valence-corrected chi connectivity index (χ4v) is 1.29. The van der Waals surface area contributed by atoms with Gasteiger partial charge in [0.2, 0.25) is 0 Å². The molecule has 0 aromatic heterocycles. The fraction of sp³-hybridized carbons (Fsp3) is 0.308. The zero-order chi connectivity index (χ0) is 11.3. The standard InChI is InChI=1S/C13H16O2/c1-4-10(2)9-11-5-7-12(8-6-11)13(14)15-3/h5-8H,2,4,9H2,1,3H3. The summed E-state index contributed by atoms with van der Waals surface area (Å²) in [7, 11) is 1.38. The zero-order valence-corrected chi connectivity index (χ0v) is 9.25. The van der Waals surface area contributed by atoms with Crippen LogP contribution in [0.15, 0.2) is 36.4 Å². The van der Waals surface area contributed by atoms with Crippen molar-refractivity contribution < 1.29 is 9.53 Å². The van der Waals surface area contributed by atoms with Gasteiger partial charge in [0, 0.05) is 0 Å². The van der Waals surface area contributed by atoms with E-state index in [1.165, 1.54) is 18.2 Å². The number of hydrogen-bond acceptors (Lipinski definition) is 2. The number of carbonyl (C=O) groups excluding carboxylic acids is 1. The molecule has 0 aliphatic heterocycles. The van der Waals surface area contributed by atoms with Crippen molar-refractivity contribution in [2.24, 2.45) is 0 Å². The summed E-state index contributed by atoms with van der Waals surface area (Å²) in [6.07, 6.45) is 1.86. The largest absolute Gasteiger partial charge is 0.465 e. The molecule has 0 heterocycles. The van der Waals surface area contributed by atoms with E-state index < -0.39 is 0 Å². The molecule has 0 bridgehead atoms. The molecular weight excluding hydrogens is 188 g/mol. The maximum absolute atomic E-state index is 11.2. The average molecular weight is 204 g/mol. The highest BCUT2D eigenvalue weighted by molar-refractivity contribution is 5.89. The second kappa shape index (κ2) is 5.35. The van der Waals surface area contributed by atoms with Crippen LogP contribution in [0.4, 0.5) is 0 Å². The van der Waals surface area contributed by atoms with E-state index in [4.69, 9.17) is 0 Å². The summed E-state index contributed by atoms with van der Waals surface area (Å²) < 4.78 is 4.62. The molecule has 2 nitrogen and oxygen atoms in total. The van der Waals surface area contributed by atoms with Gasteiger partial charge in [-0.25, -0.2) is 4.79 Å². The van der Waals surface area contributed by atoms with Crippen molar-refractivity contribution >= 4 is 5.97 Å². The van der Waals surface area contributed by atoms with Gasteiger partial charge in [0.05, 0.1) is 12.7 Å². The third-order valence-electron chi connectivity index (χ3n) is 2.33. The predicted molar refractivity (Wildman–Crippen MR) is 60.9 cm³/mol. The summed E-state index contributed by atoms with van der Waals surface area (Å²) in [5.41, 5.74) is 2.96. The lowest BCUT2D eigenvalue weighted by Gasteiger charge is -2.04. The predicted octanol–water partition coefficient (Wildman–Crippen LogP) is 2.98. The molecule has 1 aromatic carbocycles. The molecule has 0 spiro atoms. The Morgan fingerprint density at radius 3 is 2.40 bits per heavy atom. The summed E-state index contributed by atoms with van der Waals surface area (Å²) in [5.74, 6) is -0.295. The molecular formula is C13H16O2. The Kier molecular flexibility index (Phi) is 4.10. The maximum atomic E-state index is 11.2. The Bertz CT molecular complexity index is 349. The van der Waals surface area contributed by atoms with Crippen molar-refractivity contribution in [1.82, 2.24) is 0 Å². The lowest BCUT2D eigenvalue weighted by molar-refractivity contribution is 0.0601. The highest BCUT2D eigenvalue weighted by Gasteiger charge is 2.04. The van der Waals surface area contributed by atoms with Crippen LogP contribution in [0.2, 0.25) is 0 Å². The van der Waals surface area contributed by atoms with Crippen LogP contribution in [0.3, 0.4) is 0 Å². The quantitative estimate of drug-likeness (QED) is 0.556. The number of esters is 1. The third kappa shape index (κ3) is 3.24. The van der Waals surface area contributed by atoms with Gasteiger partial charge in [0.25, 0.3) is 0 Å². The number of ether oxygens (including phenoxy) is 1. The zero-order valence-electron chi connectivity index (χ0n) is 9.25. The maximum Gasteiger partial charge on any atom is 0.337 e. The summed E-state index contributed by atoms with van der Waals surface area (Å²) in [5, 5.41) is 0. The van der Waals surface area contributed by atoms with E-state index in [-0.39, 0.29) is 5.97 Å². The molecule has 0 saturated heterocycles. The number of hydrogen-bond donors (Lipinski definition) is 0. The molecule has 2 heteroatoms. The van der Waals surface area contributed by atoms with E-state index in [1.807, 2.05) is 12.1 Å². The number of rotatable bonds is 4. The second-order valence-electron chi connectivity index (χ2n) is 3.47. The van der Waals surface area contributed by atoms with Crippen molar-refractivity contribution in [2.45, 2.75) is 19.8 Å². The van der Waals surface area contributed by atoms with Gasteiger partial charge in [0.15, 0.2) is 0 Å². The average Bonchev–Trinajstić information content (AvgIpc) is 2.29. The lowest BCUT2D eigenvalue weighted by atomic mass is 10.0. The number of methoxy groups -OCH3 is 1. The molecule has 0 unspecified atom stereocenters.